The van der Waals surface area contributed by atoms with Crippen LogP contribution in [0.25, 0.3) is 0 Å². The number of nitrogens with zero attached hydrogens (tertiary/aromatic N) is 3. The summed E-state index contributed by atoms with van der Waals surface area (Å²) in [5, 5.41) is 12.7. The number of ether oxygens (including phenoxy) is 2. The molecule has 0 fully saturated rings. The third kappa shape index (κ3) is 8.68. The Hall–Kier alpha value is -3.21. The van der Waals surface area contributed by atoms with Crippen LogP contribution in [-0.2, 0) is 22.6 Å². The zero-order chi connectivity index (χ0) is 23.7. The summed E-state index contributed by atoms with van der Waals surface area (Å²) in [6.07, 6.45) is -0.271. The third-order valence-electron chi connectivity index (χ3n) is 4.73. The first-order valence-electron chi connectivity index (χ1n) is 10.0. The molecule has 2 aromatic rings. The summed E-state index contributed by atoms with van der Waals surface area (Å²) >= 11 is 0. The lowest BCUT2D eigenvalue weighted by Gasteiger charge is -2.17. The molecule has 2 amide bonds. The number of primary amides is 1. The SMILES string of the molecule is COc1cc(COC(=O)N(C)c2ccc(CC(=O)[NH2+]CCN(C)C)cc2)ccc1[N+](=O)[O-].[Cl-]. The number of methoxy groups -OCH3 is 1. The Bertz CT molecular complexity index is 952. The fraction of sp³-hybridized carbons (Fsp3) is 0.364. The van der Waals surface area contributed by atoms with Crippen LogP contribution < -0.4 is 27.4 Å². The van der Waals surface area contributed by atoms with Gasteiger partial charge in [0.2, 0.25) is 0 Å². The van der Waals surface area contributed by atoms with Crippen LogP contribution in [0, 0.1) is 10.1 Å². The fourth-order valence-corrected chi connectivity index (χ4v) is 2.90. The van der Waals surface area contributed by atoms with Crippen LogP contribution in [-0.4, -0.2) is 63.2 Å². The molecule has 0 atom stereocenters. The van der Waals surface area contributed by atoms with E-state index >= 15 is 0 Å². The lowest BCUT2D eigenvalue weighted by molar-refractivity contribution is -0.568. The first kappa shape index (κ1) is 27.8. The van der Waals surface area contributed by atoms with Gasteiger partial charge in [0.15, 0.2) is 5.75 Å². The number of likely N-dealkylation sites (N-methyl/N-ethyl adjacent to an activating group) is 1. The van der Waals surface area contributed by atoms with Crippen LogP contribution in [0.3, 0.4) is 0 Å². The zero-order valence-corrected chi connectivity index (χ0v) is 19.9. The van der Waals surface area contributed by atoms with Crippen LogP contribution in [0.5, 0.6) is 5.75 Å². The highest BCUT2D eigenvalue weighted by molar-refractivity contribution is 5.87. The quantitative estimate of drug-likeness (QED) is 0.327. The maximum Gasteiger partial charge on any atom is 0.414 e. The number of benzene rings is 2. The van der Waals surface area contributed by atoms with Gasteiger partial charge in [0.1, 0.15) is 6.61 Å². The summed E-state index contributed by atoms with van der Waals surface area (Å²) < 4.78 is 10.3. The van der Waals surface area contributed by atoms with Crippen molar-refractivity contribution in [3.8, 4) is 5.75 Å². The summed E-state index contributed by atoms with van der Waals surface area (Å²) in [5.74, 6) is 0.159. The molecule has 0 radical (unpaired) electrons. The Morgan fingerprint density at radius 1 is 1.06 bits per heavy atom. The molecule has 0 saturated carbocycles. The minimum atomic E-state index is -0.580. The third-order valence-corrected chi connectivity index (χ3v) is 4.73. The van der Waals surface area contributed by atoms with Crippen LogP contribution in [0.15, 0.2) is 42.5 Å². The van der Waals surface area contributed by atoms with E-state index in [1.54, 1.807) is 36.6 Å². The molecule has 0 aliphatic heterocycles. The molecule has 0 spiro atoms. The van der Waals surface area contributed by atoms with Crippen LogP contribution >= 0.6 is 0 Å². The van der Waals surface area contributed by atoms with Gasteiger partial charge in [0, 0.05) is 25.3 Å². The second-order valence-corrected chi connectivity index (χ2v) is 7.48. The lowest BCUT2D eigenvalue weighted by atomic mass is 10.1. The topological polar surface area (TPSA) is 119 Å². The van der Waals surface area contributed by atoms with Gasteiger partial charge in [0.25, 0.3) is 0 Å². The number of amides is 2. The van der Waals surface area contributed by atoms with E-state index in [0.717, 1.165) is 12.1 Å². The van der Waals surface area contributed by atoms with Crippen LogP contribution in [0.1, 0.15) is 11.1 Å². The fourth-order valence-electron chi connectivity index (χ4n) is 2.90. The van der Waals surface area contributed by atoms with E-state index in [4.69, 9.17) is 9.47 Å². The molecule has 0 saturated heterocycles. The molecule has 0 unspecified atom stereocenters. The van der Waals surface area contributed by atoms with E-state index in [0.29, 0.717) is 24.2 Å². The average Bonchev–Trinajstić information content (AvgIpc) is 2.76. The van der Waals surface area contributed by atoms with Gasteiger partial charge >= 0.3 is 17.7 Å². The second-order valence-electron chi connectivity index (χ2n) is 7.48. The molecule has 33 heavy (non-hydrogen) atoms. The number of rotatable bonds is 10. The first-order valence-corrected chi connectivity index (χ1v) is 10.0. The molecular weight excluding hydrogens is 452 g/mol. The smallest absolute Gasteiger partial charge is 0.414 e. The largest absolute Gasteiger partial charge is 1.00 e. The monoisotopic (exact) mass is 480 g/mol. The Labute approximate surface area is 199 Å². The minimum absolute atomic E-state index is 0. The van der Waals surface area contributed by atoms with Gasteiger partial charge in [-0.3, -0.25) is 20.3 Å². The molecule has 0 aromatic heterocycles. The average molecular weight is 481 g/mol. The van der Waals surface area contributed by atoms with E-state index < -0.39 is 11.0 Å². The summed E-state index contributed by atoms with van der Waals surface area (Å²) in [6, 6.07) is 11.4. The van der Waals surface area contributed by atoms with Crippen molar-refractivity contribution in [2.24, 2.45) is 0 Å². The standard InChI is InChI=1S/C22H28N4O6.ClH/c1-24(2)12-11-23-21(27)14-16-5-8-18(9-6-16)25(3)22(28)32-15-17-7-10-19(26(29)30)20(13-17)31-4;/h5-10,13H,11-12,14-15H2,1-4H3,(H,23,27);1H. The Morgan fingerprint density at radius 2 is 1.70 bits per heavy atom. The van der Waals surface area contributed by atoms with Crippen molar-refractivity contribution in [3.63, 3.8) is 0 Å². The van der Waals surface area contributed by atoms with Gasteiger partial charge in [-0.05, 0) is 49.5 Å². The van der Waals surface area contributed by atoms with E-state index in [1.165, 1.54) is 30.2 Å². The predicted molar refractivity (Wildman–Crippen MR) is 119 cm³/mol. The van der Waals surface area contributed by atoms with Crippen molar-refractivity contribution in [2.75, 3.05) is 46.2 Å². The number of carbonyl (C=O) groups is 2. The van der Waals surface area contributed by atoms with E-state index in [-0.39, 0.29) is 36.4 Å². The maximum absolute atomic E-state index is 12.4. The molecule has 2 rings (SSSR count). The second kappa shape index (κ2) is 13.4. The van der Waals surface area contributed by atoms with Gasteiger partial charge in [-0.15, -0.1) is 0 Å². The molecule has 0 heterocycles. The van der Waals surface area contributed by atoms with Crippen molar-refractivity contribution < 1.29 is 41.7 Å². The van der Waals surface area contributed by atoms with Gasteiger partial charge in [-0.25, -0.2) is 9.59 Å². The molecule has 2 N–H and O–H groups in total. The number of hydrogen-bond acceptors (Lipinski definition) is 7. The Kier molecular flexibility index (Phi) is 11.3. The Morgan fingerprint density at radius 3 is 2.27 bits per heavy atom. The summed E-state index contributed by atoms with van der Waals surface area (Å²) in [5.41, 5.74) is 1.88. The van der Waals surface area contributed by atoms with Gasteiger partial charge < -0.3 is 26.8 Å². The number of nitrogens with two attached hydrogens (primary N) is 1. The van der Waals surface area contributed by atoms with Gasteiger partial charge in [-0.1, -0.05) is 12.1 Å². The predicted octanol–water partition coefficient (Wildman–Crippen LogP) is -1.43. The maximum atomic E-state index is 12.4. The van der Waals surface area contributed by atoms with Crippen molar-refractivity contribution in [2.45, 2.75) is 13.0 Å². The molecule has 0 bridgehead atoms. The van der Waals surface area contributed by atoms with Crippen molar-refractivity contribution in [1.82, 2.24) is 4.90 Å². The number of nitro benzene ring substituents is 1. The number of hydrogen-bond donors (Lipinski definition) is 1. The summed E-state index contributed by atoms with van der Waals surface area (Å²) in [7, 11) is 6.83. The lowest BCUT2D eigenvalue weighted by Crippen LogP contribution is -3.00. The summed E-state index contributed by atoms with van der Waals surface area (Å²) in [6.45, 7) is 1.47. The highest BCUT2D eigenvalue weighted by Crippen LogP contribution is 2.28. The number of quaternary nitrogens is 1. The molecule has 10 nitrogen and oxygen atoms in total. The first-order chi connectivity index (χ1) is 15.2. The van der Waals surface area contributed by atoms with Gasteiger partial charge in [0.05, 0.1) is 25.0 Å². The van der Waals surface area contributed by atoms with Gasteiger partial charge in [-0.2, -0.15) is 0 Å². The summed E-state index contributed by atoms with van der Waals surface area (Å²) in [4.78, 5) is 38.2. The Balaban J connectivity index is 0.00000544. The van der Waals surface area contributed by atoms with E-state index in [1.807, 2.05) is 19.0 Å². The van der Waals surface area contributed by atoms with Crippen LogP contribution in [0.2, 0.25) is 0 Å². The molecular formula is C22H29ClN4O6. The number of nitro groups is 1. The number of carbonyl (C=O) groups excluding carboxylic acids is 2. The molecule has 2 aromatic carbocycles. The molecule has 180 valence electrons. The zero-order valence-electron chi connectivity index (χ0n) is 19.1. The number of halogens is 1. The minimum Gasteiger partial charge on any atom is -1.00 e. The number of anilines is 1. The van der Waals surface area contributed by atoms with E-state index in [9.17, 15) is 19.7 Å². The molecule has 0 aliphatic rings. The van der Waals surface area contributed by atoms with Crippen LogP contribution in [0.4, 0.5) is 16.2 Å². The van der Waals surface area contributed by atoms with Crippen molar-refractivity contribution >= 4 is 23.4 Å². The normalized spacial score (nSPS) is 10.3. The highest BCUT2D eigenvalue weighted by Gasteiger charge is 2.17. The van der Waals surface area contributed by atoms with Crippen molar-refractivity contribution in [1.29, 1.82) is 0 Å². The highest BCUT2D eigenvalue weighted by atomic mass is 35.5. The molecule has 0 aliphatic carbocycles. The molecule has 11 heteroatoms. The van der Waals surface area contributed by atoms with E-state index in [2.05, 4.69) is 0 Å². The van der Waals surface area contributed by atoms with Crippen molar-refractivity contribution in [3.05, 3.63) is 63.7 Å².